The van der Waals surface area contributed by atoms with Gasteiger partial charge in [-0.3, -0.25) is 4.79 Å². The predicted molar refractivity (Wildman–Crippen MR) is 66.2 cm³/mol. The highest BCUT2D eigenvalue weighted by Crippen LogP contribution is 2.45. The number of Topliss-reactive ketones (excluding diaryl/α,β-unsaturated/α-hetero) is 1. The van der Waals surface area contributed by atoms with Crippen molar-refractivity contribution in [3.63, 3.8) is 0 Å². The normalized spacial score (nSPS) is 28.9. The van der Waals surface area contributed by atoms with Crippen molar-refractivity contribution >= 4 is 17.4 Å². The van der Waals surface area contributed by atoms with Crippen LogP contribution in [-0.4, -0.2) is 23.3 Å². The lowest BCUT2D eigenvalue weighted by Crippen LogP contribution is -2.42. The van der Waals surface area contributed by atoms with E-state index >= 15 is 0 Å². The zero-order valence-corrected chi connectivity index (χ0v) is 10.9. The fourth-order valence-electron chi connectivity index (χ4n) is 2.37. The number of hydrogen-bond acceptors (Lipinski definition) is 2. The second-order valence-electron chi connectivity index (χ2n) is 4.74. The maximum atomic E-state index is 11.5. The number of halogens is 1. The molecule has 0 N–H and O–H groups in total. The largest absolute Gasteiger partial charge is 0.362 e. The van der Waals surface area contributed by atoms with Gasteiger partial charge in [0, 0.05) is 19.0 Å². The van der Waals surface area contributed by atoms with Crippen molar-refractivity contribution in [1.29, 1.82) is 0 Å². The van der Waals surface area contributed by atoms with Gasteiger partial charge in [-0.25, -0.2) is 0 Å². The fraction of sp³-hybridized carbons (Fsp3) is 0.462. The molecule has 1 unspecified atom stereocenters. The van der Waals surface area contributed by atoms with Crippen LogP contribution in [-0.2, 0) is 4.79 Å². The van der Waals surface area contributed by atoms with Gasteiger partial charge in [-0.05, 0) is 37.5 Å². The summed E-state index contributed by atoms with van der Waals surface area (Å²) >= 11 is 6.32. The summed E-state index contributed by atoms with van der Waals surface area (Å²) in [6.07, 6.45) is 4.97. The van der Waals surface area contributed by atoms with E-state index in [1.165, 1.54) is 0 Å². The van der Waals surface area contributed by atoms with Crippen molar-refractivity contribution < 1.29 is 4.79 Å². The van der Waals surface area contributed by atoms with E-state index in [1.54, 1.807) is 6.92 Å². The van der Waals surface area contributed by atoms with Gasteiger partial charge >= 0.3 is 0 Å². The highest BCUT2D eigenvalue weighted by atomic mass is 35.5. The standard InChI is InChI=1S/C13H16ClNO/c1-8-5-6-13(3)10(12(8)14)7-11(9(2)16)15(13)4/h5,7H,6H2,1-4H3. The molecule has 0 radical (unpaired) electrons. The minimum atomic E-state index is -0.155. The van der Waals surface area contributed by atoms with Gasteiger partial charge < -0.3 is 4.90 Å². The third kappa shape index (κ3) is 1.36. The molecular formula is C13H16ClNO. The molecule has 0 aromatic carbocycles. The van der Waals surface area contributed by atoms with Gasteiger partial charge in [0.2, 0.25) is 0 Å². The van der Waals surface area contributed by atoms with Crippen LogP contribution < -0.4 is 0 Å². The number of carbonyl (C=O) groups is 1. The minimum absolute atomic E-state index is 0.0905. The Morgan fingerprint density at radius 1 is 1.56 bits per heavy atom. The van der Waals surface area contributed by atoms with Crippen LogP contribution in [0.1, 0.15) is 27.2 Å². The molecule has 2 nitrogen and oxygen atoms in total. The Hall–Kier alpha value is -1.02. The van der Waals surface area contributed by atoms with E-state index in [0.717, 1.165) is 28.3 Å². The average Bonchev–Trinajstić information content (AvgIpc) is 2.48. The lowest BCUT2D eigenvalue weighted by atomic mass is 9.84. The van der Waals surface area contributed by atoms with Gasteiger partial charge in [0.1, 0.15) is 0 Å². The second kappa shape index (κ2) is 3.49. The van der Waals surface area contributed by atoms with Gasteiger partial charge in [-0.15, -0.1) is 0 Å². The third-order valence-corrected chi connectivity index (χ3v) is 4.21. The lowest BCUT2D eigenvalue weighted by Gasteiger charge is -2.38. The number of hydrogen-bond donors (Lipinski definition) is 0. The summed E-state index contributed by atoms with van der Waals surface area (Å²) in [5, 5.41) is 0.789. The fourth-order valence-corrected chi connectivity index (χ4v) is 2.71. The van der Waals surface area contributed by atoms with Gasteiger partial charge in [0.15, 0.2) is 5.78 Å². The molecule has 2 rings (SSSR count). The molecule has 0 fully saturated rings. The number of allylic oxidation sites excluding steroid dienone is 3. The van der Waals surface area contributed by atoms with E-state index in [9.17, 15) is 4.79 Å². The van der Waals surface area contributed by atoms with Crippen molar-refractivity contribution in [3.8, 4) is 0 Å². The zero-order chi connectivity index (χ0) is 12.1. The zero-order valence-electron chi connectivity index (χ0n) is 10.1. The Bertz CT molecular complexity index is 459. The smallest absolute Gasteiger partial charge is 0.175 e. The van der Waals surface area contributed by atoms with Crippen LogP contribution in [0.2, 0.25) is 0 Å². The highest BCUT2D eigenvalue weighted by molar-refractivity contribution is 6.32. The summed E-state index contributed by atoms with van der Waals surface area (Å²) in [6, 6.07) is 0. The molecule has 86 valence electrons. The topological polar surface area (TPSA) is 20.3 Å². The van der Waals surface area contributed by atoms with Crippen LogP contribution in [0.3, 0.4) is 0 Å². The molecule has 0 saturated heterocycles. The quantitative estimate of drug-likeness (QED) is 0.699. The number of nitrogens with zero attached hydrogens (tertiary/aromatic N) is 1. The Labute approximate surface area is 101 Å². The number of likely N-dealkylation sites (N-methyl/N-ethyl adjacent to an activating group) is 1. The van der Waals surface area contributed by atoms with Crippen molar-refractivity contribution in [3.05, 3.63) is 34.0 Å². The Morgan fingerprint density at radius 2 is 2.19 bits per heavy atom. The maximum absolute atomic E-state index is 11.5. The van der Waals surface area contributed by atoms with E-state index in [0.29, 0.717) is 0 Å². The van der Waals surface area contributed by atoms with Crippen LogP contribution in [0.15, 0.2) is 34.0 Å². The van der Waals surface area contributed by atoms with Crippen molar-refractivity contribution in [2.75, 3.05) is 7.05 Å². The maximum Gasteiger partial charge on any atom is 0.175 e. The first-order chi connectivity index (χ1) is 7.38. The molecule has 0 saturated carbocycles. The third-order valence-electron chi connectivity index (χ3n) is 3.71. The van der Waals surface area contributed by atoms with E-state index in [-0.39, 0.29) is 11.3 Å². The second-order valence-corrected chi connectivity index (χ2v) is 5.12. The van der Waals surface area contributed by atoms with Gasteiger partial charge in [0.05, 0.1) is 11.2 Å². The summed E-state index contributed by atoms with van der Waals surface area (Å²) in [5.41, 5.74) is 2.77. The highest BCUT2D eigenvalue weighted by Gasteiger charge is 2.42. The van der Waals surface area contributed by atoms with E-state index in [4.69, 9.17) is 11.6 Å². The lowest BCUT2D eigenvalue weighted by molar-refractivity contribution is -0.115. The molecule has 0 spiro atoms. The molecule has 1 aliphatic carbocycles. The number of fused-ring (bicyclic) bond motifs is 1. The first-order valence-corrected chi connectivity index (χ1v) is 5.79. The van der Waals surface area contributed by atoms with Crippen molar-refractivity contribution in [2.24, 2.45) is 0 Å². The molecule has 1 atom stereocenters. The molecule has 2 aliphatic rings. The Balaban J connectivity index is 2.58. The summed E-state index contributed by atoms with van der Waals surface area (Å²) in [7, 11) is 1.96. The number of carbonyl (C=O) groups excluding carboxylic acids is 1. The molecule has 1 heterocycles. The van der Waals surface area contributed by atoms with Crippen LogP contribution in [0.5, 0.6) is 0 Å². The van der Waals surface area contributed by atoms with Crippen LogP contribution >= 0.6 is 11.6 Å². The summed E-state index contributed by atoms with van der Waals surface area (Å²) in [4.78, 5) is 13.6. The summed E-state index contributed by atoms with van der Waals surface area (Å²) < 4.78 is 0. The van der Waals surface area contributed by atoms with Crippen LogP contribution in [0, 0.1) is 0 Å². The first-order valence-electron chi connectivity index (χ1n) is 5.42. The van der Waals surface area contributed by atoms with Gasteiger partial charge in [0.25, 0.3) is 0 Å². The monoisotopic (exact) mass is 237 g/mol. The molecule has 0 aromatic heterocycles. The molecule has 0 bridgehead atoms. The van der Waals surface area contributed by atoms with Crippen molar-refractivity contribution in [1.82, 2.24) is 4.90 Å². The SMILES string of the molecule is CC(=O)C1=CC2=C(Cl)C(C)=CCC2(C)N1C. The van der Waals surface area contributed by atoms with Gasteiger partial charge in [-0.2, -0.15) is 0 Å². The van der Waals surface area contributed by atoms with E-state index < -0.39 is 0 Å². The number of rotatable bonds is 1. The number of ketones is 1. The summed E-state index contributed by atoms with van der Waals surface area (Å²) in [5.74, 6) is 0.0905. The Morgan fingerprint density at radius 3 is 2.75 bits per heavy atom. The molecule has 3 heteroatoms. The minimum Gasteiger partial charge on any atom is -0.362 e. The summed E-state index contributed by atoms with van der Waals surface area (Å²) in [6.45, 7) is 5.73. The Kier molecular flexibility index (Phi) is 2.50. The molecule has 1 aliphatic heterocycles. The molecule has 16 heavy (non-hydrogen) atoms. The van der Waals surface area contributed by atoms with E-state index in [2.05, 4.69) is 13.0 Å². The predicted octanol–water partition coefficient (Wildman–Crippen LogP) is 3.01. The van der Waals surface area contributed by atoms with Crippen LogP contribution in [0.25, 0.3) is 0 Å². The molecule has 0 amide bonds. The molecule has 0 aromatic rings. The van der Waals surface area contributed by atoms with E-state index in [1.807, 2.05) is 24.9 Å². The first kappa shape index (κ1) is 11.5. The average molecular weight is 238 g/mol. The van der Waals surface area contributed by atoms with Gasteiger partial charge in [-0.1, -0.05) is 17.7 Å². The van der Waals surface area contributed by atoms with Crippen molar-refractivity contribution in [2.45, 2.75) is 32.7 Å². The molecular weight excluding hydrogens is 222 g/mol. The van der Waals surface area contributed by atoms with Crippen LogP contribution in [0.4, 0.5) is 0 Å².